The van der Waals surface area contributed by atoms with Gasteiger partial charge in [-0.1, -0.05) is 54.6 Å². The van der Waals surface area contributed by atoms with E-state index in [0.717, 1.165) is 59.8 Å². The fourth-order valence-corrected chi connectivity index (χ4v) is 3.85. The molecule has 1 amide bonds. The van der Waals surface area contributed by atoms with Crippen LogP contribution in [0, 0.1) is 0 Å². The Morgan fingerprint density at radius 1 is 1.06 bits per heavy atom. The highest BCUT2D eigenvalue weighted by Gasteiger charge is 2.23. The van der Waals surface area contributed by atoms with Crippen LogP contribution in [0.5, 0.6) is 0 Å². The summed E-state index contributed by atoms with van der Waals surface area (Å²) in [7, 11) is 0. The minimum absolute atomic E-state index is 0.0158. The van der Waals surface area contributed by atoms with Gasteiger partial charge in [0.05, 0.1) is 17.6 Å². The standard InChI is InChI=1S/C27H28N6O/c28-15-5-2-6-16-29-25-26-30-17-24(33(26)18-23(32-25)19-7-3-1-4-8-19)20-9-11-21(12-10-20)27(34)31-22-13-14-22/h1-5,7-12,17-18,22H,6,13-16,28H2,(H,29,32)(H,31,34)/b5-2-. The molecule has 0 unspecified atom stereocenters. The molecule has 5 rings (SSSR count). The van der Waals surface area contributed by atoms with Crippen molar-refractivity contribution in [2.45, 2.75) is 25.3 Å². The molecule has 7 nitrogen and oxygen atoms in total. The van der Waals surface area contributed by atoms with E-state index in [1.54, 1.807) is 0 Å². The number of amides is 1. The first-order valence-corrected chi connectivity index (χ1v) is 11.7. The van der Waals surface area contributed by atoms with Crippen molar-refractivity contribution in [3.05, 3.63) is 84.7 Å². The van der Waals surface area contributed by atoms with Gasteiger partial charge in [-0.3, -0.25) is 9.20 Å². The van der Waals surface area contributed by atoms with Gasteiger partial charge >= 0.3 is 0 Å². The molecule has 4 aromatic rings. The van der Waals surface area contributed by atoms with Gasteiger partial charge in [-0.05, 0) is 31.4 Å². The number of anilines is 1. The van der Waals surface area contributed by atoms with Crippen LogP contribution in [0.2, 0.25) is 0 Å². The molecule has 7 heteroatoms. The lowest BCUT2D eigenvalue weighted by molar-refractivity contribution is 0.0951. The number of nitrogens with zero attached hydrogens (tertiary/aromatic N) is 3. The van der Waals surface area contributed by atoms with Gasteiger partial charge in [0.15, 0.2) is 11.5 Å². The van der Waals surface area contributed by atoms with E-state index in [9.17, 15) is 4.79 Å². The Morgan fingerprint density at radius 3 is 2.59 bits per heavy atom. The third-order valence-electron chi connectivity index (χ3n) is 5.82. The van der Waals surface area contributed by atoms with Crippen LogP contribution < -0.4 is 16.4 Å². The molecule has 2 aromatic heterocycles. The minimum Gasteiger partial charge on any atom is -0.367 e. The Hall–Kier alpha value is -3.97. The summed E-state index contributed by atoms with van der Waals surface area (Å²) in [5, 5.41) is 6.46. The van der Waals surface area contributed by atoms with Crippen molar-refractivity contribution in [3.63, 3.8) is 0 Å². The summed E-state index contributed by atoms with van der Waals surface area (Å²) in [6, 6.07) is 18.1. The first kappa shape index (κ1) is 21.9. The van der Waals surface area contributed by atoms with Crippen molar-refractivity contribution in [3.8, 4) is 22.5 Å². The summed E-state index contributed by atoms with van der Waals surface area (Å²) in [6.07, 6.45) is 10.9. The first-order chi connectivity index (χ1) is 16.7. The van der Waals surface area contributed by atoms with Gasteiger partial charge in [0.2, 0.25) is 0 Å². The second-order valence-electron chi connectivity index (χ2n) is 8.43. The van der Waals surface area contributed by atoms with Gasteiger partial charge in [0.1, 0.15) is 0 Å². The Kier molecular flexibility index (Phi) is 6.35. The van der Waals surface area contributed by atoms with Crippen LogP contribution in [0.1, 0.15) is 29.6 Å². The first-order valence-electron chi connectivity index (χ1n) is 11.7. The van der Waals surface area contributed by atoms with Crippen LogP contribution in [0.3, 0.4) is 0 Å². The molecule has 172 valence electrons. The van der Waals surface area contributed by atoms with E-state index in [1.165, 1.54) is 0 Å². The molecule has 0 bridgehead atoms. The predicted molar refractivity (Wildman–Crippen MR) is 136 cm³/mol. The van der Waals surface area contributed by atoms with Crippen LogP contribution in [-0.2, 0) is 0 Å². The predicted octanol–water partition coefficient (Wildman–Crippen LogP) is 4.27. The molecule has 2 aromatic carbocycles. The van der Waals surface area contributed by atoms with Crippen molar-refractivity contribution >= 4 is 17.4 Å². The lowest BCUT2D eigenvalue weighted by atomic mass is 10.1. The lowest BCUT2D eigenvalue weighted by Crippen LogP contribution is -2.25. The fourth-order valence-electron chi connectivity index (χ4n) is 3.85. The van der Waals surface area contributed by atoms with Crippen LogP contribution in [0.25, 0.3) is 28.2 Å². The molecule has 0 atom stereocenters. The largest absolute Gasteiger partial charge is 0.367 e. The van der Waals surface area contributed by atoms with Crippen molar-refractivity contribution in [1.82, 2.24) is 19.7 Å². The maximum absolute atomic E-state index is 12.4. The second-order valence-corrected chi connectivity index (χ2v) is 8.43. The monoisotopic (exact) mass is 452 g/mol. The van der Waals surface area contributed by atoms with Crippen molar-refractivity contribution in [1.29, 1.82) is 0 Å². The van der Waals surface area contributed by atoms with Gasteiger partial charge in [0.25, 0.3) is 5.91 Å². The number of imidazole rings is 1. The summed E-state index contributed by atoms with van der Waals surface area (Å²) in [5.74, 6) is 0.715. The van der Waals surface area contributed by atoms with Crippen molar-refractivity contribution in [2.75, 3.05) is 18.4 Å². The normalized spacial score (nSPS) is 13.4. The van der Waals surface area contributed by atoms with Gasteiger partial charge in [-0.15, -0.1) is 0 Å². The molecule has 34 heavy (non-hydrogen) atoms. The molecule has 2 heterocycles. The molecule has 0 aliphatic heterocycles. The van der Waals surface area contributed by atoms with E-state index in [2.05, 4.69) is 26.1 Å². The highest BCUT2D eigenvalue weighted by molar-refractivity contribution is 5.95. The number of fused-ring (bicyclic) bond motifs is 1. The van der Waals surface area contributed by atoms with Crippen LogP contribution in [-0.4, -0.2) is 39.4 Å². The Balaban J connectivity index is 1.49. The second kappa shape index (κ2) is 9.89. The molecule has 1 fully saturated rings. The third kappa shape index (κ3) is 4.84. The quantitative estimate of drug-likeness (QED) is 0.260. The molecule has 0 saturated heterocycles. The average molecular weight is 453 g/mol. The number of nitrogens with one attached hydrogen (secondary N) is 2. The number of hydrogen-bond acceptors (Lipinski definition) is 5. The molecule has 1 aliphatic carbocycles. The van der Waals surface area contributed by atoms with Gasteiger partial charge < -0.3 is 16.4 Å². The summed E-state index contributed by atoms with van der Waals surface area (Å²) < 4.78 is 2.06. The molecular weight excluding hydrogens is 424 g/mol. The number of nitrogens with two attached hydrogens (primary N) is 1. The van der Waals surface area contributed by atoms with Gasteiger partial charge in [-0.2, -0.15) is 0 Å². The number of carbonyl (C=O) groups excluding carboxylic acids is 1. The highest BCUT2D eigenvalue weighted by atomic mass is 16.1. The zero-order chi connectivity index (χ0) is 23.3. The summed E-state index contributed by atoms with van der Waals surface area (Å²) >= 11 is 0. The zero-order valence-corrected chi connectivity index (χ0v) is 18.9. The Bertz CT molecular complexity index is 1310. The maximum Gasteiger partial charge on any atom is 0.251 e. The van der Waals surface area contributed by atoms with E-state index < -0.39 is 0 Å². The number of rotatable bonds is 9. The molecule has 1 saturated carbocycles. The number of aromatic nitrogens is 3. The Morgan fingerprint density at radius 2 is 1.85 bits per heavy atom. The molecule has 0 radical (unpaired) electrons. The number of carbonyl (C=O) groups is 1. The lowest BCUT2D eigenvalue weighted by Gasteiger charge is -2.11. The fraction of sp³-hybridized carbons (Fsp3) is 0.222. The van der Waals surface area contributed by atoms with Crippen LogP contribution in [0.15, 0.2) is 79.1 Å². The average Bonchev–Trinajstić information content (AvgIpc) is 3.59. The van der Waals surface area contributed by atoms with E-state index >= 15 is 0 Å². The molecule has 1 aliphatic rings. The zero-order valence-electron chi connectivity index (χ0n) is 18.9. The van der Waals surface area contributed by atoms with E-state index in [0.29, 0.717) is 18.2 Å². The minimum atomic E-state index is -0.0158. The van der Waals surface area contributed by atoms with E-state index in [4.69, 9.17) is 10.7 Å². The topological polar surface area (TPSA) is 97.3 Å². The van der Waals surface area contributed by atoms with Crippen LogP contribution in [0.4, 0.5) is 5.82 Å². The summed E-state index contributed by atoms with van der Waals surface area (Å²) in [4.78, 5) is 21.9. The summed E-state index contributed by atoms with van der Waals surface area (Å²) in [5.41, 5.74) is 10.8. The number of hydrogen-bond donors (Lipinski definition) is 3. The van der Waals surface area contributed by atoms with E-state index in [-0.39, 0.29) is 5.91 Å². The SMILES string of the molecule is NC/C=C\CCNc1nc(-c2ccccc2)cn2c(-c3ccc(C(=O)NC4CC4)cc3)cnc12. The van der Waals surface area contributed by atoms with E-state index in [1.807, 2.05) is 73.1 Å². The van der Waals surface area contributed by atoms with Gasteiger partial charge in [0, 0.05) is 42.0 Å². The summed E-state index contributed by atoms with van der Waals surface area (Å²) in [6.45, 7) is 1.26. The van der Waals surface area contributed by atoms with Crippen molar-refractivity contribution < 1.29 is 4.79 Å². The van der Waals surface area contributed by atoms with Crippen LogP contribution >= 0.6 is 0 Å². The maximum atomic E-state index is 12.4. The Labute approximate surface area is 198 Å². The molecule has 0 spiro atoms. The molecule has 4 N–H and O–H groups in total. The number of benzene rings is 2. The highest BCUT2D eigenvalue weighted by Crippen LogP contribution is 2.28. The van der Waals surface area contributed by atoms with Crippen molar-refractivity contribution in [2.24, 2.45) is 5.73 Å². The van der Waals surface area contributed by atoms with Gasteiger partial charge in [-0.25, -0.2) is 9.97 Å². The third-order valence-corrected chi connectivity index (χ3v) is 5.82. The smallest absolute Gasteiger partial charge is 0.251 e. The molecular formula is C27H28N6O.